The van der Waals surface area contributed by atoms with Crippen LogP contribution in [0.2, 0.25) is 0 Å². The summed E-state index contributed by atoms with van der Waals surface area (Å²) in [5, 5.41) is 3.34. The van der Waals surface area contributed by atoms with Crippen molar-refractivity contribution in [3.05, 3.63) is 65.7 Å². The fourth-order valence-corrected chi connectivity index (χ4v) is 2.46. The Hall–Kier alpha value is -2.09. The predicted octanol–water partition coefficient (Wildman–Crippen LogP) is 3.15. The van der Waals surface area contributed by atoms with E-state index in [0.717, 1.165) is 24.2 Å². The molecule has 0 radical (unpaired) electrons. The Morgan fingerprint density at radius 2 is 1.72 bits per heavy atom. The second kappa shape index (κ2) is 4.65. The molecule has 1 heterocycles. The second-order valence-corrected chi connectivity index (χ2v) is 4.68. The van der Waals surface area contributed by atoms with Crippen molar-refractivity contribution in [1.82, 2.24) is 0 Å². The average Bonchev–Trinajstić information content (AvgIpc) is 2.43. The van der Waals surface area contributed by atoms with E-state index in [1.807, 2.05) is 42.5 Å². The first-order chi connectivity index (χ1) is 8.84. The van der Waals surface area contributed by atoms with Crippen molar-refractivity contribution in [2.75, 3.05) is 11.9 Å². The maximum atomic E-state index is 12.4. The molecule has 90 valence electrons. The molecular weight excluding hydrogens is 222 g/mol. The summed E-state index contributed by atoms with van der Waals surface area (Å²) in [6.45, 7) is 0.727. The van der Waals surface area contributed by atoms with Gasteiger partial charge in [-0.25, -0.2) is 0 Å². The van der Waals surface area contributed by atoms with Gasteiger partial charge in [-0.2, -0.15) is 0 Å². The summed E-state index contributed by atoms with van der Waals surface area (Å²) in [6, 6.07) is 17.9. The fourth-order valence-electron chi connectivity index (χ4n) is 2.46. The summed E-state index contributed by atoms with van der Waals surface area (Å²) in [7, 11) is 0. The number of Topliss-reactive ketones (excluding diaryl/α,β-unsaturated/α-hetero) is 1. The zero-order valence-electron chi connectivity index (χ0n) is 10.1. The van der Waals surface area contributed by atoms with Crippen LogP contribution in [0.25, 0.3) is 0 Å². The van der Waals surface area contributed by atoms with Gasteiger partial charge >= 0.3 is 0 Å². The van der Waals surface area contributed by atoms with Crippen LogP contribution in [0.3, 0.4) is 0 Å². The molecule has 1 aliphatic heterocycles. The van der Waals surface area contributed by atoms with Crippen molar-refractivity contribution in [1.29, 1.82) is 0 Å². The van der Waals surface area contributed by atoms with Crippen LogP contribution in [-0.2, 0) is 6.42 Å². The highest BCUT2D eigenvalue weighted by atomic mass is 16.1. The summed E-state index contributed by atoms with van der Waals surface area (Å²) < 4.78 is 0. The molecule has 0 aliphatic carbocycles. The van der Waals surface area contributed by atoms with E-state index >= 15 is 0 Å². The number of carbonyl (C=O) groups excluding carboxylic acids is 1. The topological polar surface area (TPSA) is 29.1 Å². The molecule has 2 aromatic carbocycles. The summed E-state index contributed by atoms with van der Waals surface area (Å²) in [4.78, 5) is 12.4. The maximum Gasteiger partial charge on any atom is 0.170 e. The number of hydrogen-bond donors (Lipinski definition) is 1. The van der Waals surface area contributed by atoms with Crippen molar-refractivity contribution in [2.24, 2.45) is 5.92 Å². The van der Waals surface area contributed by atoms with Gasteiger partial charge in [-0.05, 0) is 24.1 Å². The second-order valence-electron chi connectivity index (χ2n) is 4.68. The Balaban J connectivity index is 1.83. The van der Waals surface area contributed by atoms with Gasteiger partial charge in [0.2, 0.25) is 0 Å². The largest absolute Gasteiger partial charge is 0.384 e. The van der Waals surface area contributed by atoms with Gasteiger partial charge in [0.25, 0.3) is 0 Å². The van der Waals surface area contributed by atoms with Crippen molar-refractivity contribution < 1.29 is 4.79 Å². The monoisotopic (exact) mass is 237 g/mol. The molecule has 3 rings (SSSR count). The van der Waals surface area contributed by atoms with Gasteiger partial charge in [-0.1, -0.05) is 42.5 Å². The first-order valence-electron chi connectivity index (χ1n) is 6.25. The predicted molar refractivity (Wildman–Crippen MR) is 72.9 cm³/mol. The summed E-state index contributed by atoms with van der Waals surface area (Å²) in [5.74, 6) is 0.301. The SMILES string of the molecule is O=C1c2ccccc2NCC1Cc1ccccc1. The van der Waals surface area contributed by atoms with Crippen LogP contribution in [0.4, 0.5) is 5.69 Å². The van der Waals surface area contributed by atoms with E-state index in [1.54, 1.807) is 0 Å². The molecule has 1 atom stereocenters. The zero-order chi connectivity index (χ0) is 12.4. The molecule has 1 unspecified atom stereocenters. The van der Waals surface area contributed by atoms with Gasteiger partial charge < -0.3 is 5.32 Å². The molecule has 2 heteroatoms. The molecule has 0 spiro atoms. The van der Waals surface area contributed by atoms with Crippen LogP contribution >= 0.6 is 0 Å². The van der Waals surface area contributed by atoms with Crippen LogP contribution in [0.15, 0.2) is 54.6 Å². The lowest BCUT2D eigenvalue weighted by atomic mass is 9.88. The van der Waals surface area contributed by atoms with E-state index < -0.39 is 0 Å². The number of rotatable bonds is 2. The van der Waals surface area contributed by atoms with Crippen LogP contribution in [0.1, 0.15) is 15.9 Å². The van der Waals surface area contributed by atoms with Crippen LogP contribution in [-0.4, -0.2) is 12.3 Å². The first-order valence-corrected chi connectivity index (χ1v) is 6.25. The molecule has 18 heavy (non-hydrogen) atoms. The quantitative estimate of drug-likeness (QED) is 0.869. The number of fused-ring (bicyclic) bond motifs is 1. The Labute approximate surface area is 107 Å². The minimum Gasteiger partial charge on any atom is -0.384 e. The molecule has 0 saturated heterocycles. The Morgan fingerprint density at radius 3 is 2.56 bits per heavy atom. The standard InChI is InChI=1S/C16H15NO/c18-16-13(10-12-6-2-1-3-7-12)11-17-15-9-5-4-8-14(15)16/h1-9,13,17H,10-11H2. The van der Waals surface area contributed by atoms with Gasteiger partial charge in [0, 0.05) is 23.7 Å². The minimum absolute atomic E-state index is 0.0438. The average molecular weight is 237 g/mol. The van der Waals surface area contributed by atoms with E-state index in [4.69, 9.17) is 0 Å². The van der Waals surface area contributed by atoms with Crippen LogP contribution in [0.5, 0.6) is 0 Å². The number of hydrogen-bond acceptors (Lipinski definition) is 2. The Bertz CT molecular complexity index is 562. The first kappa shape index (κ1) is 11.0. The number of ketones is 1. The van der Waals surface area contributed by atoms with E-state index in [2.05, 4.69) is 17.4 Å². The summed E-state index contributed by atoms with van der Waals surface area (Å²) >= 11 is 0. The minimum atomic E-state index is 0.0438. The van der Waals surface area contributed by atoms with Crippen molar-refractivity contribution >= 4 is 11.5 Å². The number of anilines is 1. The number of benzene rings is 2. The van der Waals surface area contributed by atoms with E-state index in [9.17, 15) is 4.79 Å². The molecular formula is C16H15NO. The number of nitrogens with one attached hydrogen (secondary N) is 1. The highest BCUT2D eigenvalue weighted by Gasteiger charge is 2.26. The van der Waals surface area contributed by atoms with Gasteiger partial charge in [-0.3, -0.25) is 4.79 Å². The van der Waals surface area contributed by atoms with Crippen molar-refractivity contribution in [3.63, 3.8) is 0 Å². The van der Waals surface area contributed by atoms with Gasteiger partial charge in [0.15, 0.2) is 5.78 Å². The van der Waals surface area contributed by atoms with Crippen molar-refractivity contribution in [2.45, 2.75) is 6.42 Å². The van der Waals surface area contributed by atoms with Gasteiger partial charge in [-0.15, -0.1) is 0 Å². The van der Waals surface area contributed by atoms with Gasteiger partial charge in [0.1, 0.15) is 0 Å². The molecule has 1 N–H and O–H groups in total. The fraction of sp³-hybridized carbons (Fsp3) is 0.188. The molecule has 0 fully saturated rings. The zero-order valence-corrected chi connectivity index (χ0v) is 10.1. The van der Waals surface area contributed by atoms with Crippen LogP contribution < -0.4 is 5.32 Å². The Kier molecular flexibility index (Phi) is 2.85. The Morgan fingerprint density at radius 1 is 1.00 bits per heavy atom. The molecule has 0 saturated carbocycles. The molecule has 0 aromatic heterocycles. The van der Waals surface area contributed by atoms with Crippen LogP contribution in [0, 0.1) is 5.92 Å². The highest BCUT2D eigenvalue weighted by molar-refractivity contribution is 6.04. The highest BCUT2D eigenvalue weighted by Crippen LogP contribution is 2.26. The molecule has 2 aromatic rings. The van der Waals surface area contributed by atoms with E-state index in [-0.39, 0.29) is 11.7 Å². The normalized spacial score (nSPS) is 18.0. The van der Waals surface area contributed by atoms with E-state index in [0.29, 0.717) is 0 Å². The lowest BCUT2D eigenvalue weighted by Gasteiger charge is -2.24. The molecule has 1 aliphatic rings. The molecule has 2 nitrogen and oxygen atoms in total. The lowest BCUT2D eigenvalue weighted by Crippen LogP contribution is -2.31. The van der Waals surface area contributed by atoms with Crippen molar-refractivity contribution in [3.8, 4) is 0 Å². The number of para-hydroxylation sites is 1. The summed E-state index contributed by atoms with van der Waals surface area (Å²) in [5.41, 5.74) is 3.01. The summed E-state index contributed by atoms with van der Waals surface area (Å²) in [6.07, 6.45) is 0.807. The van der Waals surface area contributed by atoms with E-state index in [1.165, 1.54) is 5.56 Å². The third-order valence-electron chi connectivity index (χ3n) is 3.43. The molecule has 0 amide bonds. The third-order valence-corrected chi connectivity index (χ3v) is 3.43. The lowest BCUT2D eigenvalue weighted by molar-refractivity contribution is 0.0921. The number of carbonyl (C=O) groups is 1. The molecule has 0 bridgehead atoms. The third kappa shape index (κ3) is 2.02. The smallest absolute Gasteiger partial charge is 0.170 e. The van der Waals surface area contributed by atoms with Gasteiger partial charge in [0.05, 0.1) is 0 Å². The maximum absolute atomic E-state index is 12.4.